The van der Waals surface area contributed by atoms with Crippen LogP contribution in [0.4, 0.5) is 10.5 Å². The van der Waals surface area contributed by atoms with Gasteiger partial charge in [-0.15, -0.1) is 0 Å². The standard InChI is InChI=1S/C17H17N5O3/c1-2-25-17(24)20-9-12-8-11(6-7-19-12)16(23)22-10-21-15-13(18)4-3-5-14(15)22/h3-8,10H,2,9,18H2,1H3,(H,20,24). The summed E-state index contributed by atoms with van der Waals surface area (Å²) < 4.78 is 6.22. The number of nitrogens with one attached hydrogen (secondary N) is 1. The number of anilines is 1. The molecule has 0 aliphatic heterocycles. The van der Waals surface area contributed by atoms with Crippen LogP contribution in [-0.4, -0.2) is 33.1 Å². The quantitative estimate of drug-likeness (QED) is 0.703. The van der Waals surface area contributed by atoms with E-state index in [-0.39, 0.29) is 19.1 Å². The van der Waals surface area contributed by atoms with Crippen LogP contribution in [0.3, 0.4) is 0 Å². The number of alkyl carbamates (subject to hydrolysis) is 1. The maximum Gasteiger partial charge on any atom is 0.407 e. The summed E-state index contributed by atoms with van der Waals surface area (Å²) in [5.41, 5.74) is 8.57. The first-order valence-corrected chi connectivity index (χ1v) is 7.72. The van der Waals surface area contributed by atoms with Crippen molar-refractivity contribution in [3.05, 3.63) is 54.1 Å². The largest absolute Gasteiger partial charge is 0.450 e. The number of ether oxygens (including phenoxy) is 1. The van der Waals surface area contributed by atoms with Crippen LogP contribution >= 0.6 is 0 Å². The molecule has 3 N–H and O–H groups in total. The molecule has 0 unspecified atom stereocenters. The van der Waals surface area contributed by atoms with E-state index in [2.05, 4.69) is 15.3 Å². The topological polar surface area (TPSA) is 112 Å². The van der Waals surface area contributed by atoms with E-state index in [4.69, 9.17) is 10.5 Å². The van der Waals surface area contributed by atoms with Gasteiger partial charge in [0.05, 0.1) is 30.0 Å². The maximum atomic E-state index is 12.8. The molecular weight excluding hydrogens is 322 g/mol. The summed E-state index contributed by atoms with van der Waals surface area (Å²) in [5, 5.41) is 2.57. The van der Waals surface area contributed by atoms with Gasteiger partial charge in [0.1, 0.15) is 11.8 Å². The minimum absolute atomic E-state index is 0.164. The number of amides is 1. The Bertz CT molecular complexity index is 935. The molecule has 2 aromatic heterocycles. The van der Waals surface area contributed by atoms with Crippen molar-refractivity contribution in [3.63, 3.8) is 0 Å². The van der Waals surface area contributed by atoms with E-state index >= 15 is 0 Å². The number of benzene rings is 1. The molecule has 0 atom stereocenters. The Morgan fingerprint density at radius 3 is 2.92 bits per heavy atom. The molecule has 0 aliphatic carbocycles. The smallest absolute Gasteiger partial charge is 0.407 e. The highest BCUT2D eigenvalue weighted by Crippen LogP contribution is 2.20. The van der Waals surface area contributed by atoms with Gasteiger partial charge in [0.25, 0.3) is 5.91 Å². The number of carbonyl (C=O) groups is 2. The van der Waals surface area contributed by atoms with Crippen molar-refractivity contribution in [2.75, 3.05) is 12.3 Å². The van der Waals surface area contributed by atoms with Gasteiger partial charge in [-0.3, -0.25) is 14.3 Å². The normalized spacial score (nSPS) is 10.6. The van der Waals surface area contributed by atoms with E-state index in [1.807, 2.05) is 0 Å². The molecule has 0 saturated carbocycles. The zero-order chi connectivity index (χ0) is 17.8. The number of para-hydroxylation sites is 1. The molecule has 0 aliphatic rings. The van der Waals surface area contributed by atoms with Gasteiger partial charge in [0, 0.05) is 11.8 Å². The molecule has 3 rings (SSSR count). The van der Waals surface area contributed by atoms with E-state index < -0.39 is 6.09 Å². The minimum atomic E-state index is -0.530. The molecule has 3 aromatic rings. The van der Waals surface area contributed by atoms with Crippen LogP contribution in [0.25, 0.3) is 11.0 Å². The molecule has 0 fully saturated rings. The molecule has 0 bridgehead atoms. The van der Waals surface area contributed by atoms with E-state index in [1.165, 1.54) is 17.1 Å². The summed E-state index contributed by atoms with van der Waals surface area (Å²) in [4.78, 5) is 32.5. The zero-order valence-corrected chi connectivity index (χ0v) is 13.6. The van der Waals surface area contributed by atoms with Crippen LogP contribution in [0.5, 0.6) is 0 Å². The monoisotopic (exact) mass is 339 g/mol. The summed E-state index contributed by atoms with van der Waals surface area (Å²) in [6, 6.07) is 8.50. The van der Waals surface area contributed by atoms with Gasteiger partial charge < -0.3 is 15.8 Å². The molecule has 25 heavy (non-hydrogen) atoms. The first-order chi connectivity index (χ1) is 12.1. The first kappa shape index (κ1) is 16.4. The maximum absolute atomic E-state index is 12.8. The molecule has 2 heterocycles. The molecule has 8 heteroatoms. The van der Waals surface area contributed by atoms with E-state index in [0.717, 1.165) is 0 Å². The Balaban J connectivity index is 1.83. The Hall–Kier alpha value is -3.42. The predicted octanol–water partition coefficient (Wildman–Crippen LogP) is 1.95. The number of nitrogen functional groups attached to an aromatic ring is 1. The lowest BCUT2D eigenvalue weighted by molar-refractivity contribution is 0.0964. The second-order valence-corrected chi connectivity index (χ2v) is 5.24. The second kappa shape index (κ2) is 7.00. The summed E-state index contributed by atoms with van der Waals surface area (Å²) in [5.74, 6) is -0.257. The number of hydrogen-bond acceptors (Lipinski definition) is 6. The Morgan fingerprint density at radius 1 is 1.28 bits per heavy atom. The summed E-state index contributed by atoms with van der Waals surface area (Å²) in [7, 11) is 0. The van der Waals surface area contributed by atoms with Gasteiger partial charge in [-0.1, -0.05) is 6.07 Å². The second-order valence-electron chi connectivity index (χ2n) is 5.24. The van der Waals surface area contributed by atoms with E-state index in [1.54, 1.807) is 37.3 Å². The molecule has 128 valence electrons. The van der Waals surface area contributed by atoms with Crippen LogP contribution in [0.2, 0.25) is 0 Å². The average molecular weight is 339 g/mol. The van der Waals surface area contributed by atoms with Crippen LogP contribution in [0, 0.1) is 0 Å². The van der Waals surface area contributed by atoms with Gasteiger partial charge in [-0.25, -0.2) is 9.78 Å². The van der Waals surface area contributed by atoms with Crippen molar-refractivity contribution in [3.8, 4) is 0 Å². The number of rotatable bonds is 4. The van der Waals surface area contributed by atoms with Gasteiger partial charge in [-0.2, -0.15) is 0 Å². The van der Waals surface area contributed by atoms with Gasteiger partial charge in [0.2, 0.25) is 0 Å². The fourth-order valence-corrected chi connectivity index (χ4v) is 2.42. The predicted molar refractivity (Wildman–Crippen MR) is 92.0 cm³/mol. The van der Waals surface area contributed by atoms with E-state index in [0.29, 0.717) is 28.0 Å². The lowest BCUT2D eigenvalue weighted by atomic mass is 10.2. The summed E-state index contributed by atoms with van der Waals surface area (Å²) in [6.45, 7) is 2.17. The molecule has 0 radical (unpaired) electrons. The minimum Gasteiger partial charge on any atom is -0.450 e. The van der Waals surface area contributed by atoms with Crippen molar-refractivity contribution in [1.82, 2.24) is 19.9 Å². The molecule has 8 nitrogen and oxygen atoms in total. The zero-order valence-electron chi connectivity index (χ0n) is 13.6. The van der Waals surface area contributed by atoms with Crippen molar-refractivity contribution in [1.29, 1.82) is 0 Å². The fraction of sp³-hybridized carbons (Fsp3) is 0.176. The van der Waals surface area contributed by atoms with Crippen LogP contribution < -0.4 is 11.1 Å². The van der Waals surface area contributed by atoms with Crippen LogP contribution in [0.15, 0.2) is 42.9 Å². The van der Waals surface area contributed by atoms with Crippen LogP contribution in [0.1, 0.15) is 23.0 Å². The lowest BCUT2D eigenvalue weighted by Crippen LogP contribution is -2.24. The van der Waals surface area contributed by atoms with Crippen molar-refractivity contribution in [2.45, 2.75) is 13.5 Å². The molecular formula is C17H17N5O3. The molecule has 1 aromatic carbocycles. The third-order valence-electron chi connectivity index (χ3n) is 3.58. The number of pyridine rings is 1. The number of fused-ring (bicyclic) bond motifs is 1. The number of carbonyl (C=O) groups excluding carboxylic acids is 2. The summed E-state index contributed by atoms with van der Waals surface area (Å²) in [6.07, 6.45) is 2.43. The van der Waals surface area contributed by atoms with Gasteiger partial charge in [-0.05, 0) is 31.2 Å². The Kier molecular flexibility index (Phi) is 4.60. The highest BCUT2D eigenvalue weighted by atomic mass is 16.5. The molecule has 0 spiro atoms. The van der Waals surface area contributed by atoms with Crippen molar-refractivity contribution >= 4 is 28.7 Å². The van der Waals surface area contributed by atoms with Crippen LogP contribution in [-0.2, 0) is 11.3 Å². The first-order valence-electron chi connectivity index (χ1n) is 7.72. The third kappa shape index (κ3) is 3.42. The lowest BCUT2D eigenvalue weighted by Gasteiger charge is -2.07. The Morgan fingerprint density at radius 2 is 2.12 bits per heavy atom. The molecule has 0 saturated heterocycles. The Labute approximate surface area is 143 Å². The SMILES string of the molecule is CCOC(=O)NCc1cc(C(=O)n2cnc3c(N)cccc32)ccn1. The third-order valence-corrected chi connectivity index (χ3v) is 3.58. The van der Waals surface area contributed by atoms with Crippen molar-refractivity contribution < 1.29 is 14.3 Å². The number of imidazole rings is 1. The number of aromatic nitrogens is 3. The average Bonchev–Trinajstić information content (AvgIpc) is 3.05. The summed E-state index contributed by atoms with van der Waals surface area (Å²) >= 11 is 0. The number of nitrogens with two attached hydrogens (primary N) is 1. The van der Waals surface area contributed by atoms with Gasteiger partial charge >= 0.3 is 6.09 Å². The highest BCUT2D eigenvalue weighted by Gasteiger charge is 2.14. The molecule has 1 amide bonds. The fourth-order valence-electron chi connectivity index (χ4n) is 2.42. The number of hydrogen-bond donors (Lipinski definition) is 2. The highest BCUT2D eigenvalue weighted by molar-refractivity contribution is 6.02. The van der Waals surface area contributed by atoms with Gasteiger partial charge in [0.15, 0.2) is 0 Å². The van der Waals surface area contributed by atoms with Crippen molar-refractivity contribution in [2.24, 2.45) is 0 Å². The number of nitrogens with zero attached hydrogens (tertiary/aromatic N) is 3. The van der Waals surface area contributed by atoms with E-state index in [9.17, 15) is 9.59 Å².